The third-order valence-electron chi connectivity index (χ3n) is 3.74. The van der Waals surface area contributed by atoms with Crippen molar-refractivity contribution in [1.82, 2.24) is 9.29 Å². The Labute approximate surface area is 151 Å². The van der Waals surface area contributed by atoms with Gasteiger partial charge in [-0.25, -0.2) is 17.5 Å². The van der Waals surface area contributed by atoms with E-state index in [1.807, 2.05) is 0 Å². The molecule has 3 N–H and O–H groups in total. The van der Waals surface area contributed by atoms with Gasteiger partial charge in [0.2, 0.25) is 10.0 Å². The summed E-state index contributed by atoms with van der Waals surface area (Å²) in [6, 6.07) is 5.39. The minimum Gasteiger partial charge on any atom is -0.394 e. The van der Waals surface area contributed by atoms with E-state index in [0.29, 0.717) is 11.3 Å². The minimum atomic E-state index is -3.91. The second kappa shape index (κ2) is 7.18. The highest BCUT2D eigenvalue weighted by atomic mass is 32.2. The van der Waals surface area contributed by atoms with E-state index < -0.39 is 21.5 Å². The molecular weight excluding hydrogens is 361 g/mol. The molecule has 1 aromatic heterocycles. The Morgan fingerprint density at radius 2 is 1.96 bits per heavy atom. The smallest absolute Gasteiger partial charge is 0.272 e. The second-order valence-corrected chi connectivity index (χ2v) is 8.42. The average Bonchev–Trinajstić information content (AvgIpc) is 2.93. The molecule has 1 aromatic carbocycles. The number of amides is 1. The third-order valence-corrected chi connectivity index (χ3v) is 5.41. The zero-order valence-electron chi connectivity index (χ0n) is 15.0. The molecule has 0 radical (unpaired) electrons. The van der Waals surface area contributed by atoms with E-state index in [1.165, 1.54) is 48.9 Å². The zero-order chi connectivity index (χ0) is 19.7. The molecular formula is C17H22FN3O4S. The summed E-state index contributed by atoms with van der Waals surface area (Å²) in [5.41, 5.74) is -0.135. The molecule has 0 saturated heterocycles. The van der Waals surface area contributed by atoms with Gasteiger partial charge in [0.25, 0.3) is 5.91 Å². The fraction of sp³-hybridized carbons (Fsp3) is 0.353. The Balaban J connectivity index is 2.26. The van der Waals surface area contributed by atoms with Gasteiger partial charge in [-0.2, -0.15) is 0 Å². The molecule has 1 amide bonds. The van der Waals surface area contributed by atoms with E-state index in [-0.39, 0.29) is 23.0 Å². The van der Waals surface area contributed by atoms with Crippen molar-refractivity contribution in [3.63, 3.8) is 0 Å². The summed E-state index contributed by atoms with van der Waals surface area (Å²) in [4.78, 5) is 12.3. The molecule has 0 unspecified atom stereocenters. The topological polar surface area (TPSA) is 100 Å². The SMILES string of the molecule is Cc1cc(NC(=O)c2cc(S(=O)(=O)NC(C)(C)CO)cn2C)ccc1F. The summed E-state index contributed by atoms with van der Waals surface area (Å²) in [5, 5.41) is 11.8. The molecule has 26 heavy (non-hydrogen) atoms. The van der Waals surface area contributed by atoms with Gasteiger partial charge in [-0.3, -0.25) is 4.79 Å². The highest BCUT2D eigenvalue weighted by molar-refractivity contribution is 7.89. The summed E-state index contributed by atoms with van der Waals surface area (Å²) in [6.07, 6.45) is 1.31. The lowest BCUT2D eigenvalue weighted by molar-refractivity contribution is 0.101. The van der Waals surface area contributed by atoms with Gasteiger partial charge in [0.05, 0.1) is 12.1 Å². The number of hydrogen-bond acceptors (Lipinski definition) is 4. The van der Waals surface area contributed by atoms with E-state index in [4.69, 9.17) is 0 Å². The Kier molecular flexibility index (Phi) is 5.55. The maximum Gasteiger partial charge on any atom is 0.272 e. The molecule has 0 fully saturated rings. The maximum atomic E-state index is 13.3. The lowest BCUT2D eigenvalue weighted by Gasteiger charge is -2.22. The van der Waals surface area contributed by atoms with Crippen molar-refractivity contribution in [3.05, 3.63) is 47.5 Å². The molecule has 142 valence electrons. The van der Waals surface area contributed by atoms with Crippen LogP contribution in [0.4, 0.5) is 10.1 Å². The fourth-order valence-corrected chi connectivity index (χ4v) is 3.75. The van der Waals surface area contributed by atoms with Gasteiger partial charge in [0, 0.05) is 18.9 Å². The van der Waals surface area contributed by atoms with Crippen LogP contribution in [0.15, 0.2) is 35.4 Å². The normalized spacial score (nSPS) is 12.2. The summed E-state index contributed by atoms with van der Waals surface area (Å²) in [7, 11) is -2.37. The first-order chi connectivity index (χ1) is 11.9. The number of sulfonamides is 1. The van der Waals surface area contributed by atoms with Crippen molar-refractivity contribution in [2.45, 2.75) is 31.2 Å². The number of benzene rings is 1. The molecule has 0 aliphatic carbocycles. The second-order valence-electron chi connectivity index (χ2n) is 6.74. The first-order valence-corrected chi connectivity index (χ1v) is 9.32. The van der Waals surface area contributed by atoms with Gasteiger partial charge < -0.3 is 15.0 Å². The van der Waals surface area contributed by atoms with Crippen LogP contribution in [0.3, 0.4) is 0 Å². The lowest BCUT2D eigenvalue weighted by atomic mass is 10.1. The predicted octanol–water partition coefficient (Wildman–Crippen LogP) is 1.77. The summed E-state index contributed by atoms with van der Waals surface area (Å²) < 4.78 is 41.9. The number of nitrogens with one attached hydrogen (secondary N) is 2. The number of hydrogen-bond donors (Lipinski definition) is 3. The molecule has 7 nitrogen and oxygen atoms in total. The average molecular weight is 383 g/mol. The molecule has 0 atom stereocenters. The van der Waals surface area contributed by atoms with Gasteiger partial charge >= 0.3 is 0 Å². The first kappa shape index (κ1) is 20.1. The molecule has 2 aromatic rings. The molecule has 9 heteroatoms. The van der Waals surface area contributed by atoms with E-state index >= 15 is 0 Å². The van der Waals surface area contributed by atoms with Crippen LogP contribution in [-0.4, -0.2) is 36.1 Å². The molecule has 0 bridgehead atoms. The summed E-state index contributed by atoms with van der Waals surface area (Å²) in [6.45, 7) is 4.28. The maximum absolute atomic E-state index is 13.3. The molecule has 0 aliphatic heterocycles. The largest absolute Gasteiger partial charge is 0.394 e. The number of aliphatic hydroxyl groups excluding tert-OH is 1. The molecule has 0 spiro atoms. The number of aliphatic hydroxyl groups is 1. The Bertz CT molecular complexity index is 935. The van der Waals surface area contributed by atoms with Gasteiger partial charge in [-0.1, -0.05) is 0 Å². The van der Waals surface area contributed by atoms with Gasteiger partial charge in [0.15, 0.2) is 0 Å². The van der Waals surface area contributed by atoms with Gasteiger partial charge in [-0.15, -0.1) is 0 Å². The van der Waals surface area contributed by atoms with Crippen molar-refractivity contribution in [2.24, 2.45) is 7.05 Å². The van der Waals surface area contributed by atoms with Crippen LogP contribution < -0.4 is 10.0 Å². The van der Waals surface area contributed by atoms with Gasteiger partial charge in [-0.05, 0) is 50.6 Å². The third kappa shape index (κ3) is 4.48. The van der Waals surface area contributed by atoms with Crippen LogP contribution in [0.2, 0.25) is 0 Å². The number of aryl methyl sites for hydroxylation is 2. The quantitative estimate of drug-likeness (QED) is 0.708. The number of nitrogens with zero attached hydrogens (tertiary/aromatic N) is 1. The van der Waals surface area contributed by atoms with Crippen LogP contribution in [-0.2, 0) is 17.1 Å². The lowest BCUT2D eigenvalue weighted by Crippen LogP contribution is -2.46. The van der Waals surface area contributed by atoms with Crippen LogP contribution in [0.1, 0.15) is 29.9 Å². The fourth-order valence-electron chi connectivity index (χ4n) is 2.28. The zero-order valence-corrected chi connectivity index (χ0v) is 15.8. The van der Waals surface area contributed by atoms with Crippen molar-refractivity contribution in [2.75, 3.05) is 11.9 Å². The number of aromatic nitrogens is 1. The Morgan fingerprint density at radius 3 is 2.54 bits per heavy atom. The van der Waals surface area contributed by atoms with E-state index in [2.05, 4.69) is 10.0 Å². The Hall–Kier alpha value is -2.23. The molecule has 2 rings (SSSR count). The standard InChI is InChI=1S/C17H22FN3O4S/c1-11-7-12(5-6-14(11)18)19-16(23)15-8-13(9-21(15)4)26(24,25)20-17(2,3)10-22/h5-9,20,22H,10H2,1-4H3,(H,19,23). The van der Waals surface area contributed by atoms with Crippen molar-refractivity contribution in [3.8, 4) is 0 Å². The Morgan fingerprint density at radius 1 is 1.31 bits per heavy atom. The molecule has 0 aliphatic rings. The highest BCUT2D eigenvalue weighted by Crippen LogP contribution is 2.19. The summed E-state index contributed by atoms with van der Waals surface area (Å²) >= 11 is 0. The first-order valence-electron chi connectivity index (χ1n) is 7.84. The van der Waals surface area contributed by atoms with Crippen LogP contribution in [0.25, 0.3) is 0 Å². The van der Waals surface area contributed by atoms with Gasteiger partial charge in [0.1, 0.15) is 16.4 Å². The van der Waals surface area contributed by atoms with Crippen molar-refractivity contribution < 1.29 is 22.7 Å². The number of anilines is 1. The number of carbonyl (C=O) groups excluding carboxylic acids is 1. The predicted molar refractivity (Wildman–Crippen MR) is 96.0 cm³/mol. The molecule has 0 saturated carbocycles. The van der Waals surface area contributed by atoms with Crippen LogP contribution >= 0.6 is 0 Å². The highest BCUT2D eigenvalue weighted by Gasteiger charge is 2.27. The van der Waals surface area contributed by atoms with Crippen molar-refractivity contribution in [1.29, 1.82) is 0 Å². The van der Waals surface area contributed by atoms with Crippen LogP contribution in [0, 0.1) is 12.7 Å². The summed E-state index contributed by atoms with van der Waals surface area (Å²) in [5.74, 6) is -0.908. The van der Waals surface area contributed by atoms with E-state index in [0.717, 1.165) is 0 Å². The minimum absolute atomic E-state index is 0.0954. The van der Waals surface area contributed by atoms with Crippen LogP contribution in [0.5, 0.6) is 0 Å². The number of halogens is 1. The molecule has 1 heterocycles. The monoisotopic (exact) mass is 383 g/mol. The van der Waals surface area contributed by atoms with E-state index in [1.54, 1.807) is 14.0 Å². The number of rotatable bonds is 6. The van der Waals surface area contributed by atoms with Crippen molar-refractivity contribution >= 4 is 21.6 Å². The van der Waals surface area contributed by atoms with E-state index in [9.17, 15) is 22.7 Å². The number of carbonyl (C=O) groups is 1.